The van der Waals surface area contributed by atoms with Crippen molar-refractivity contribution in [3.63, 3.8) is 0 Å². The van der Waals surface area contributed by atoms with Gasteiger partial charge in [-0.25, -0.2) is 4.98 Å². The number of amides is 1. The van der Waals surface area contributed by atoms with Gasteiger partial charge in [0.05, 0.1) is 17.4 Å². The van der Waals surface area contributed by atoms with Crippen LogP contribution in [0.3, 0.4) is 0 Å². The molecule has 1 fully saturated rings. The zero-order valence-electron chi connectivity index (χ0n) is 13.3. The van der Waals surface area contributed by atoms with Crippen LogP contribution in [0, 0.1) is 5.92 Å². The molecule has 2 heterocycles. The monoisotopic (exact) mass is 358 g/mol. The van der Waals surface area contributed by atoms with E-state index in [1.807, 2.05) is 42.5 Å². The van der Waals surface area contributed by atoms with E-state index in [4.69, 9.17) is 0 Å². The molecule has 0 spiro atoms. The molecule has 1 atom stereocenters. The maximum Gasteiger partial charge on any atom is 0.224 e. The molecule has 1 aliphatic rings. The van der Waals surface area contributed by atoms with Crippen LogP contribution in [0.2, 0.25) is 0 Å². The number of para-hydroxylation sites is 2. The summed E-state index contributed by atoms with van der Waals surface area (Å²) in [5, 5.41) is 3.19. The fraction of sp³-hybridized carbons (Fsp3) is 0.500. The van der Waals surface area contributed by atoms with Crippen LogP contribution >= 0.6 is 24.8 Å². The Balaban J connectivity index is 0.00000132. The molecule has 7 heteroatoms. The fourth-order valence-corrected chi connectivity index (χ4v) is 3.08. The lowest BCUT2D eigenvalue weighted by Gasteiger charge is -2.16. The van der Waals surface area contributed by atoms with Crippen molar-refractivity contribution in [3.05, 3.63) is 30.6 Å². The number of nitrogens with zero attached hydrogens (tertiary/aromatic N) is 3. The van der Waals surface area contributed by atoms with Gasteiger partial charge in [-0.15, -0.1) is 24.8 Å². The number of carbonyl (C=O) groups is 1. The third-order valence-electron chi connectivity index (χ3n) is 4.23. The number of rotatable bonds is 5. The Morgan fingerprint density at radius 3 is 2.91 bits per heavy atom. The molecular weight excluding hydrogens is 335 g/mol. The van der Waals surface area contributed by atoms with Gasteiger partial charge in [0.2, 0.25) is 5.91 Å². The van der Waals surface area contributed by atoms with E-state index in [9.17, 15) is 4.79 Å². The molecular formula is C16H24Cl2N4O. The second-order valence-corrected chi connectivity index (χ2v) is 5.73. The number of aryl methyl sites for hydroxylation is 1. The molecule has 1 aromatic carbocycles. The highest BCUT2D eigenvalue weighted by atomic mass is 35.5. The van der Waals surface area contributed by atoms with Crippen LogP contribution in [0.1, 0.15) is 12.8 Å². The number of aromatic nitrogens is 2. The maximum absolute atomic E-state index is 12.3. The molecule has 23 heavy (non-hydrogen) atoms. The van der Waals surface area contributed by atoms with Crippen molar-refractivity contribution in [1.82, 2.24) is 19.8 Å². The van der Waals surface area contributed by atoms with Crippen LogP contribution in [-0.2, 0) is 11.3 Å². The van der Waals surface area contributed by atoms with E-state index >= 15 is 0 Å². The molecule has 1 N–H and O–H groups in total. The first kappa shape index (κ1) is 19.7. The van der Waals surface area contributed by atoms with Crippen LogP contribution in [-0.4, -0.2) is 47.0 Å². The molecule has 1 saturated heterocycles. The highest BCUT2D eigenvalue weighted by Gasteiger charge is 2.25. The summed E-state index contributed by atoms with van der Waals surface area (Å²) in [5.41, 5.74) is 2.08. The summed E-state index contributed by atoms with van der Waals surface area (Å²) in [7, 11) is 1.97. The van der Waals surface area contributed by atoms with E-state index in [0.29, 0.717) is 18.9 Å². The summed E-state index contributed by atoms with van der Waals surface area (Å²) in [6.45, 7) is 3.49. The molecule has 128 valence electrons. The average Bonchev–Trinajstić information content (AvgIpc) is 3.12. The first-order valence-electron chi connectivity index (χ1n) is 7.60. The summed E-state index contributed by atoms with van der Waals surface area (Å²) in [5.74, 6) is 0.861. The second kappa shape index (κ2) is 9.11. The number of imidazole rings is 1. The predicted molar refractivity (Wildman–Crippen MR) is 97.5 cm³/mol. The Labute approximate surface area is 149 Å². The number of nitrogens with one attached hydrogen (secondary N) is 1. The first-order valence-corrected chi connectivity index (χ1v) is 7.60. The maximum atomic E-state index is 12.3. The number of hydrogen-bond acceptors (Lipinski definition) is 3. The topological polar surface area (TPSA) is 50.2 Å². The minimum Gasteiger partial charge on any atom is -0.342 e. The van der Waals surface area contributed by atoms with Gasteiger partial charge in [0.15, 0.2) is 0 Å². The number of likely N-dealkylation sites (tertiary alicyclic amines) is 1. The molecule has 3 rings (SSSR count). The number of hydrogen-bond donors (Lipinski definition) is 1. The molecule has 1 unspecified atom stereocenters. The van der Waals surface area contributed by atoms with E-state index < -0.39 is 0 Å². The quantitative estimate of drug-likeness (QED) is 0.892. The molecule has 0 saturated carbocycles. The zero-order chi connectivity index (χ0) is 14.7. The van der Waals surface area contributed by atoms with Crippen LogP contribution in [0.15, 0.2) is 30.6 Å². The number of halogens is 2. The van der Waals surface area contributed by atoms with Crippen molar-refractivity contribution in [2.45, 2.75) is 19.4 Å². The Morgan fingerprint density at radius 2 is 2.13 bits per heavy atom. The van der Waals surface area contributed by atoms with Gasteiger partial charge in [0.1, 0.15) is 0 Å². The zero-order valence-corrected chi connectivity index (χ0v) is 14.9. The molecule has 1 amide bonds. The minimum absolute atomic E-state index is 0. The normalized spacial score (nSPS) is 16.9. The van der Waals surface area contributed by atoms with E-state index in [1.54, 1.807) is 0 Å². The van der Waals surface area contributed by atoms with Gasteiger partial charge in [-0.1, -0.05) is 12.1 Å². The lowest BCUT2D eigenvalue weighted by molar-refractivity contribution is -0.130. The van der Waals surface area contributed by atoms with Crippen LogP contribution in [0.25, 0.3) is 11.0 Å². The lowest BCUT2D eigenvalue weighted by atomic mass is 10.1. The van der Waals surface area contributed by atoms with Gasteiger partial charge in [0.25, 0.3) is 0 Å². The van der Waals surface area contributed by atoms with Gasteiger partial charge in [0, 0.05) is 26.1 Å². The summed E-state index contributed by atoms with van der Waals surface area (Å²) in [6.07, 6.45) is 3.49. The molecule has 1 aliphatic heterocycles. The highest BCUT2D eigenvalue weighted by Crippen LogP contribution is 2.17. The molecule has 0 aliphatic carbocycles. The largest absolute Gasteiger partial charge is 0.342 e. The highest BCUT2D eigenvalue weighted by molar-refractivity contribution is 5.85. The SMILES string of the molecule is CNCC1CCN(C(=O)CCn2cnc3ccccc32)C1.Cl.Cl. The van der Waals surface area contributed by atoms with Gasteiger partial charge in [-0.2, -0.15) is 0 Å². The Bertz CT molecular complexity index is 631. The van der Waals surface area contributed by atoms with Crippen molar-refractivity contribution in [1.29, 1.82) is 0 Å². The van der Waals surface area contributed by atoms with Gasteiger partial charge < -0.3 is 14.8 Å². The Morgan fingerprint density at radius 1 is 1.35 bits per heavy atom. The molecule has 0 bridgehead atoms. The van der Waals surface area contributed by atoms with E-state index in [0.717, 1.165) is 37.1 Å². The summed E-state index contributed by atoms with van der Waals surface area (Å²) < 4.78 is 2.06. The van der Waals surface area contributed by atoms with Crippen molar-refractivity contribution >= 4 is 41.8 Å². The third-order valence-corrected chi connectivity index (χ3v) is 4.23. The molecule has 0 radical (unpaired) electrons. The second-order valence-electron chi connectivity index (χ2n) is 5.73. The number of carbonyl (C=O) groups excluding carboxylic acids is 1. The first-order chi connectivity index (χ1) is 10.3. The fourth-order valence-electron chi connectivity index (χ4n) is 3.08. The third kappa shape index (κ3) is 4.59. The molecule has 1 aromatic heterocycles. The van der Waals surface area contributed by atoms with Crippen molar-refractivity contribution in [2.24, 2.45) is 5.92 Å². The minimum atomic E-state index is 0. The van der Waals surface area contributed by atoms with Crippen molar-refractivity contribution in [2.75, 3.05) is 26.7 Å². The average molecular weight is 359 g/mol. The Hall–Kier alpha value is -1.30. The Kier molecular flexibility index (Phi) is 7.82. The van der Waals surface area contributed by atoms with Gasteiger partial charge in [-0.05, 0) is 38.1 Å². The van der Waals surface area contributed by atoms with Crippen molar-refractivity contribution in [3.8, 4) is 0 Å². The number of fused-ring (bicyclic) bond motifs is 1. The predicted octanol–water partition coefficient (Wildman–Crippen LogP) is 2.34. The van der Waals surface area contributed by atoms with E-state index in [-0.39, 0.29) is 30.7 Å². The number of benzene rings is 1. The summed E-state index contributed by atoms with van der Waals surface area (Å²) >= 11 is 0. The smallest absolute Gasteiger partial charge is 0.224 e. The van der Waals surface area contributed by atoms with Gasteiger partial charge >= 0.3 is 0 Å². The van der Waals surface area contributed by atoms with Gasteiger partial charge in [-0.3, -0.25) is 4.79 Å². The summed E-state index contributed by atoms with van der Waals surface area (Å²) in [4.78, 5) is 18.7. The molecule has 5 nitrogen and oxygen atoms in total. The van der Waals surface area contributed by atoms with Crippen molar-refractivity contribution < 1.29 is 4.79 Å². The lowest BCUT2D eigenvalue weighted by Crippen LogP contribution is -2.30. The van der Waals surface area contributed by atoms with E-state index in [1.165, 1.54) is 0 Å². The van der Waals surface area contributed by atoms with Crippen LogP contribution in [0.4, 0.5) is 0 Å². The molecule has 2 aromatic rings. The van der Waals surface area contributed by atoms with Crippen LogP contribution in [0.5, 0.6) is 0 Å². The standard InChI is InChI=1S/C16H22N4O.2ClH/c1-17-10-13-6-8-19(11-13)16(21)7-9-20-12-18-14-4-2-3-5-15(14)20;;/h2-5,12-13,17H,6-11H2,1H3;2*1H. The summed E-state index contributed by atoms with van der Waals surface area (Å²) in [6, 6.07) is 8.03. The van der Waals surface area contributed by atoms with Crippen LogP contribution < -0.4 is 5.32 Å². The van der Waals surface area contributed by atoms with E-state index in [2.05, 4.69) is 14.9 Å².